The third-order valence-electron chi connectivity index (χ3n) is 2.15. The lowest BCUT2D eigenvalue weighted by molar-refractivity contribution is 0.00389. The van der Waals surface area contributed by atoms with E-state index in [1.54, 1.807) is 0 Å². The standard InChI is InChI=1S/C10H10F2N2OS/c11-9(12)8(15)5-13-10-6-3-1-2-4-7(6)14-16-10/h1-4,8-9,13,15H,5H2. The van der Waals surface area contributed by atoms with Crippen LogP contribution in [0.25, 0.3) is 10.9 Å². The summed E-state index contributed by atoms with van der Waals surface area (Å²) in [7, 11) is 0. The molecule has 0 saturated carbocycles. The predicted octanol–water partition coefficient (Wildman–Crippen LogP) is 2.33. The number of hydrogen-bond donors (Lipinski definition) is 2. The van der Waals surface area contributed by atoms with E-state index in [9.17, 15) is 8.78 Å². The number of nitrogens with zero attached hydrogens (tertiary/aromatic N) is 1. The molecular formula is C10H10F2N2OS. The van der Waals surface area contributed by atoms with Crippen LogP contribution in [0.4, 0.5) is 13.8 Å². The van der Waals surface area contributed by atoms with Crippen LogP contribution in [0.5, 0.6) is 0 Å². The Hall–Kier alpha value is -1.27. The van der Waals surface area contributed by atoms with Crippen LogP contribution in [0.1, 0.15) is 0 Å². The Bertz CT molecular complexity index is 475. The van der Waals surface area contributed by atoms with Gasteiger partial charge in [-0.2, -0.15) is 4.37 Å². The Morgan fingerprint density at radius 1 is 1.38 bits per heavy atom. The first-order valence-electron chi connectivity index (χ1n) is 4.73. The second kappa shape index (κ2) is 4.71. The summed E-state index contributed by atoms with van der Waals surface area (Å²) in [5, 5.41) is 13.3. The molecule has 3 nitrogen and oxygen atoms in total. The third-order valence-corrected chi connectivity index (χ3v) is 2.98. The van der Waals surface area contributed by atoms with Gasteiger partial charge in [-0.3, -0.25) is 0 Å². The Balaban J connectivity index is 2.10. The van der Waals surface area contributed by atoms with E-state index in [1.165, 1.54) is 11.5 Å². The fourth-order valence-electron chi connectivity index (χ4n) is 1.30. The van der Waals surface area contributed by atoms with Crippen molar-refractivity contribution in [3.63, 3.8) is 0 Å². The monoisotopic (exact) mass is 244 g/mol. The molecule has 0 spiro atoms. The number of benzene rings is 1. The van der Waals surface area contributed by atoms with E-state index >= 15 is 0 Å². The zero-order chi connectivity index (χ0) is 11.5. The Kier molecular flexibility index (Phi) is 3.31. The maximum absolute atomic E-state index is 12.1. The Morgan fingerprint density at radius 2 is 2.12 bits per heavy atom. The number of aromatic nitrogens is 1. The third kappa shape index (κ3) is 2.28. The van der Waals surface area contributed by atoms with Crippen LogP contribution in [-0.4, -0.2) is 28.6 Å². The second-order valence-corrected chi connectivity index (χ2v) is 4.08. The lowest BCUT2D eigenvalue weighted by atomic mass is 10.2. The van der Waals surface area contributed by atoms with Crippen LogP contribution in [-0.2, 0) is 0 Å². The molecule has 2 N–H and O–H groups in total. The van der Waals surface area contributed by atoms with Gasteiger partial charge in [0.05, 0.1) is 5.52 Å². The maximum Gasteiger partial charge on any atom is 0.265 e. The fraction of sp³-hybridized carbons (Fsp3) is 0.300. The van der Waals surface area contributed by atoms with Crippen molar-refractivity contribution in [1.82, 2.24) is 4.37 Å². The lowest BCUT2D eigenvalue weighted by Gasteiger charge is -2.09. The molecule has 0 aliphatic heterocycles. The van der Waals surface area contributed by atoms with Gasteiger partial charge in [0.2, 0.25) is 0 Å². The molecule has 0 saturated heterocycles. The normalized spacial score (nSPS) is 13.2. The van der Waals surface area contributed by atoms with Crippen molar-refractivity contribution in [3.05, 3.63) is 24.3 Å². The van der Waals surface area contributed by atoms with Crippen molar-refractivity contribution >= 4 is 27.4 Å². The topological polar surface area (TPSA) is 45.1 Å². The van der Waals surface area contributed by atoms with E-state index in [0.29, 0.717) is 5.00 Å². The lowest BCUT2D eigenvalue weighted by Crippen LogP contribution is -2.26. The van der Waals surface area contributed by atoms with Crippen LogP contribution in [0, 0.1) is 0 Å². The van der Waals surface area contributed by atoms with Gasteiger partial charge < -0.3 is 10.4 Å². The van der Waals surface area contributed by atoms with Gasteiger partial charge in [-0.05, 0) is 23.7 Å². The molecular weight excluding hydrogens is 234 g/mol. The number of alkyl halides is 2. The average molecular weight is 244 g/mol. The SMILES string of the molecule is OC(CNc1snc2ccccc12)C(F)F. The second-order valence-electron chi connectivity index (χ2n) is 3.31. The summed E-state index contributed by atoms with van der Waals surface area (Å²) >= 11 is 1.20. The summed E-state index contributed by atoms with van der Waals surface area (Å²) < 4.78 is 28.3. The predicted molar refractivity (Wildman–Crippen MR) is 60.1 cm³/mol. The number of aliphatic hydroxyl groups is 1. The molecule has 6 heteroatoms. The largest absolute Gasteiger partial charge is 0.385 e. The molecule has 0 radical (unpaired) electrons. The van der Waals surface area contributed by atoms with Crippen molar-refractivity contribution in [2.75, 3.05) is 11.9 Å². The molecule has 1 aromatic carbocycles. The van der Waals surface area contributed by atoms with Crippen molar-refractivity contribution < 1.29 is 13.9 Å². The zero-order valence-corrected chi connectivity index (χ0v) is 9.05. The maximum atomic E-state index is 12.1. The molecule has 0 aliphatic carbocycles. The summed E-state index contributed by atoms with van der Waals surface area (Å²) in [6.45, 7) is -0.177. The number of anilines is 1. The molecule has 1 atom stereocenters. The molecule has 0 amide bonds. The van der Waals surface area contributed by atoms with Gasteiger partial charge in [0, 0.05) is 11.9 Å². The van der Waals surface area contributed by atoms with Crippen LogP contribution < -0.4 is 5.32 Å². The number of nitrogens with one attached hydrogen (secondary N) is 1. The quantitative estimate of drug-likeness (QED) is 0.867. The number of aliphatic hydroxyl groups excluding tert-OH is 1. The molecule has 0 aliphatic rings. The van der Waals surface area contributed by atoms with Gasteiger partial charge in [0.25, 0.3) is 6.43 Å². The highest BCUT2D eigenvalue weighted by Crippen LogP contribution is 2.27. The minimum Gasteiger partial charge on any atom is -0.385 e. The van der Waals surface area contributed by atoms with Crippen LogP contribution >= 0.6 is 11.5 Å². The molecule has 16 heavy (non-hydrogen) atoms. The van der Waals surface area contributed by atoms with Crippen LogP contribution in [0.3, 0.4) is 0 Å². The number of fused-ring (bicyclic) bond motifs is 1. The molecule has 86 valence electrons. The smallest absolute Gasteiger partial charge is 0.265 e. The fourth-order valence-corrected chi connectivity index (χ4v) is 2.07. The summed E-state index contributed by atoms with van der Waals surface area (Å²) in [5.74, 6) is 0. The summed E-state index contributed by atoms with van der Waals surface area (Å²) in [6, 6.07) is 7.42. The highest BCUT2D eigenvalue weighted by Gasteiger charge is 2.17. The van der Waals surface area contributed by atoms with Crippen molar-refractivity contribution in [2.24, 2.45) is 0 Å². The van der Waals surface area contributed by atoms with Crippen LogP contribution in [0.15, 0.2) is 24.3 Å². The minimum atomic E-state index is -2.73. The zero-order valence-electron chi connectivity index (χ0n) is 8.23. The van der Waals surface area contributed by atoms with Crippen molar-refractivity contribution in [1.29, 1.82) is 0 Å². The highest BCUT2D eigenvalue weighted by molar-refractivity contribution is 7.11. The van der Waals surface area contributed by atoms with Gasteiger partial charge in [-0.15, -0.1) is 0 Å². The first kappa shape index (κ1) is 11.2. The molecule has 1 heterocycles. The molecule has 1 aromatic heterocycles. The molecule has 0 bridgehead atoms. The van der Waals surface area contributed by atoms with E-state index < -0.39 is 12.5 Å². The number of rotatable bonds is 4. The first-order valence-corrected chi connectivity index (χ1v) is 5.50. The number of hydrogen-bond acceptors (Lipinski definition) is 4. The molecule has 2 aromatic rings. The Morgan fingerprint density at radius 3 is 2.88 bits per heavy atom. The van der Waals surface area contributed by atoms with Crippen LogP contribution in [0.2, 0.25) is 0 Å². The van der Waals surface area contributed by atoms with Gasteiger partial charge in [-0.1, -0.05) is 12.1 Å². The summed E-state index contributed by atoms with van der Waals surface area (Å²) in [4.78, 5) is 0. The van der Waals surface area contributed by atoms with Gasteiger partial charge in [0.15, 0.2) is 0 Å². The first-order chi connectivity index (χ1) is 7.68. The van der Waals surface area contributed by atoms with Gasteiger partial charge >= 0.3 is 0 Å². The van der Waals surface area contributed by atoms with E-state index in [-0.39, 0.29) is 6.54 Å². The molecule has 0 fully saturated rings. The summed E-state index contributed by atoms with van der Waals surface area (Å²) in [6.07, 6.45) is -4.38. The minimum absolute atomic E-state index is 0.177. The molecule has 1 unspecified atom stereocenters. The number of halogens is 2. The van der Waals surface area contributed by atoms with Gasteiger partial charge in [-0.25, -0.2) is 8.78 Å². The van der Waals surface area contributed by atoms with E-state index in [4.69, 9.17) is 5.11 Å². The van der Waals surface area contributed by atoms with E-state index in [1.807, 2.05) is 24.3 Å². The Labute approximate surface area is 94.9 Å². The van der Waals surface area contributed by atoms with Gasteiger partial charge in [0.1, 0.15) is 11.1 Å². The average Bonchev–Trinajstić information content (AvgIpc) is 2.69. The molecule has 2 rings (SSSR count). The van der Waals surface area contributed by atoms with E-state index in [2.05, 4.69) is 9.69 Å². The summed E-state index contributed by atoms with van der Waals surface area (Å²) in [5.41, 5.74) is 0.821. The van der Waals surface area contributed by atoms with E-state index in [0.717, 1.165) is 10.9 Å². The van der Waals surface area contributed by atoms with Crippen molar-refractivity contribution in [2.45, 2.75) is 12.5 Å². The highest BCUT2D eigenvalue weighted by atomic mass is 32.1. The van der Waals surface area contributed by atoms with Crippen molar-refractivity contribution in [3.8, 4) is 0 Å².